The number of methoxy groups -OCH3 is 1. The fourth-order valence-corrected chi connectivity index (χ4v) is 4.33. The molecule has 1 unspecified atom stereocenters. The van der Waals surface area contributed by atoms with Crippen LogP contribution in [-0.2, 0) is 12.8 Å². The summed E-state index contributed by atoms with van der Waals surface area (Å²) in [7, 11) is 3.95. The Morgan fingerprint density at radius 1 is 1.21 bits per heavy atom. The summed E-state index contributed by atoms with van der Waals surface area (Å²) >= 11 is 0. The summed E-state index contributed by atoms with van der Waals surface area (Å²) in [4.78, 5) is 13.5. The summed E-state index contributed by atoms with van der Waals surface area (Å²) in [6, 6.07) is 14.5. The molecule has 0 N–H and O–H groups in total. The zero-order chi connectivity index (χ0) is 20.2. The molecule has 0 amide bonds. The molecule has 1 heterocycles. The average Bonchev–Trinajstić information content (AvgIpc) is 3.19. The zero-order valence-corrected chi connectivity index (χ0v) is 17.0. The van der Waals surface area contributed by atoms with Crippen LogP contribution in [-0.4, -0.2) is 32.1 Å². The van der Waals surface area contributed by atoms with Crippen LogP contribution >= 0.6 is 0 Å². The Hall–Kier alpha value is -2.79. The first-order chi connectivity index (χ1) is 14.1. The number of rotatable bonds is 7. The molecule has 0 saturated heterocycles. The van der Waals surface area contributed by atoms with E-state index in [4.69, 9.17) is 13.6 Å². The van der Waals surface area contributed by atoms with Crippen LogP contribution in [0.25, 0.3) is 11.3 Å². The first-order valence-corrected chi connectivity index (χ1v) is 10.2. The molecule has 1 atom stereocenters. The molecule has 1 aromatic heterocycles. The summed E-state index contributed by atoms with van der Waals surface area (Å²) in [5, 5.41) is 0. The Bertz CT molecular complexity index is 1020. The van der Waals surface area contributed by atoms with E-state index in [9.17, 15) is 4.79 Å². The molecule has 5 nitrogen and oxygen atoms in total. The third kappa shape index (κ3) is 4.46. The van der Waals surface area contributed by atoms with Crippen LogP contribution in [0.3, 0.4) is 0 Å². The largest absolute Gasteiger partial charge is 0.519 e. The molecule has 152 valence electrons. The van der Waals surface area contributed by atoms with Gasteiger partial charge >= 0.3 is 5.82 Å². The van der Waals surface area contributed by atoms with Gasteiger partial charge in [0.05, 0.1) is 7.11 Å². The van der Waals surface area contributed by atoms with Crippen molar-refractivity contribution in [3.8, 4) is 17.1 Å². The molecule has 2 aromatic carbocycles. The van der Waals surface area contributed by atoms with Crippen molar-refractivity contribution >= 4 is 0 Å². The first-order valence-electron chi connectivity index (χ1n) is 10.2. The maximum atomic E-state index is 11.1. The van der Waals surface area contributed by atoms with Crippen molar-refractivity contribution in [1.82, 2.24) is 4.90 Å². The minimum Gasteiger partial charge on any atom is -0.496 e. The molecule has 0 aliphatic heterocycles. The van der Waals surface area contributed by atoms with Gasteiger partial charge in [-0.25, -0.2) is 4.79 Å². The lowest BCUT2D eigenvalue weighted by Gasteiger charge is -2.30. The van der Waals surface area contributed by atoms with Gasteiger partial charge in [0, 0.05) is 18.7 Å². The van der Waals surface area contributed by atoms with E-state index >= 15 is 0 Å². The minimum atomic E-state index is -0.672. The van der Waals surface area contributed by atoms with Crippen LogP contribution in [0, 0.1) is 0 Å². The number of hydrogen-bond donors (Lipinski definition) is 0. The SMILES string of the molecule is COc1cccc2c1CCCC2CN(C)CCc1cccc(-c2coc(=O)o2)c1. The van der Waals surface area contributed by atoms with Gasteiger partial charge in [0.1, 0.15) is 12.0 Å². The molecule has 0 spiro atoms. The molecule has 0 fully saturated rings. The number of fused-ring (bicyclic) bond motifs is 1. The molecular weight excluding hydrogens is 366 g/mol. The monoisotopic (exact) mass is 393 g/mol. The van der Waals surface area contributed by atoms with Crippen LogP contribution in [0.2, 0.25) is 0 Å². The van der Waals surface area contributed by atoms with Crippen molar-refractivity contribution in [3.63, 3.8) is 0 Å². The Morgan fingerprint density at radius 2 is 2.07 bits per heavy atom. The van der Waals surface area contributed by atoms with Crippen LogP contribution in [0.15, 0.2) is 62.4 Å². The van der Waals surface area contributed by atoms with E-state index in [1.165, 1.54) is 35.8 Å². The summed E-state index contributed by atoms with van der Waals surface area (Å²) in [5.41, 5.74) is 4.90. The predicted molar refractivity (Wildman–Crippen MR) is 113 cm³/mol. The van der Waals surface area contributed by atoms with Gasteiger partial charge < -0.3 is 18.5 Å². The molecule has 4 rings (SSSR count). The van der Waals surface area contributed by atoms with Gasteiger partial charge in [-0.05, 0) is 67.5 Å². The average molecular weight is 393 g/mol. The lowest BCUT2D eigenvalue weighted by atomic mass is 9.82. The number of hydrogen-bond acceptors (Lipinski definition) is 5. The van der Waals surface area contributed by atoms with Gasteiger partial charge in [0.2, 0.25) is 0 Å². The Kier molecular flexibility index (Phi) is 5.86. The molecule has 0 radical (unpaired) electrons. The number of benzene rings is 2. The van der Waals surface area contributed by atoms with Crippen molar-refractivity contribution in [2.24, 2.45) is 0 Å². The summed E-state index contributed by atoms with van der Waals surface area (Å²) in [6.45, 7) is 2.01. The van der Waals surface area contributed by atoms with Crippen molar-refractivity contribution in [2.45, 2.75) is 31.6 Å². The number of likely N-dealkylation sites (N-methyl/N-ethyl adjacent to an activating group) is 1. The van der Waals surface area contributed by atoms with Crippen molar-refractivity contribution in [2.75, 3.05) is 27.2 Å². The topological polar surface area (TPSA) is 55.8 Å². The van der Waals surface area contributed by atoms with Crippen LogP contribution in [0.5, 0.6) is 5.75 Å². The minimum absolute atomic E-state index is 0.470. The second kappa shape index (κ2) is 8.70. The molecule has 1 aliphatic rings. The molecule has 0 saturated carbocycles. The fourth-order valence-electron chi connectivity index (χ4n) is 4.33. The third-order valence-electron chi connectivity index (χ3n) is 5.79. The zero-order valence-electron chi connectivity index (χ0n) is 17.0. The maximum Gasteiger partial charge on any atom is 0.519 e. The van der Waals surface area contributed by atoms with Gasteiger partial charge in [0.15, 0.2) is 5.76 Å². The van der Waals surface area contributed by atoms with Crippen molar-refractivity contribution in [1.29, 1.82) is 0 Å². The summed E-state index contributed by atoms with van der Waals surface area (Å²) in [5.74, 6) is 1.37. The Balaban J connectivity index is 1.39. The molecular formula is C24H27NO4. The summed E-state index contributed by atoms with van der Waals surface area (Å²) < 4.78 is 15.4. The van der Waals surface area contributed by atoms with Crippen molar-refractivity contribution < 1.29 is 13.6 Å². The molecule has 3 aromatic rings. The molecule has 29 heavy (non-hydrogen) atoms. The van der Waals surface area contributed by atoms with Crippen molar-refractivity contribution in [3.05, 3.63) is 76.0 Å². The van der Waals surface area contributed by atoms with Gasteiger partial charge in [-0.3, -0.25) is 0 Å². The van der Waals surface area contributed by atoms with Crippen LogP contribution in [0.4, 0.5) is 0 Å². The highest BCUT2D eigenvalue weighted by Gasteiger charge is 2.23. The Labute approximate surface area is 170 Å². The first kappa shape index (κ1) is 19.5. The van der Waals surface area contributed by atoms with Crippen LogP contribution < -0.4 is 10.6 Å². The molecule has 1 aliphatic carbocycles. The lowest BCUT2D eigenvalue weighted by Crippen LogP contribution is -2.28. The highest BCUT2D eigenvalue weighted by Crippen LogP contribution is 2.36. The van der Waals surface area contributed by atoms with E-state index in [0.29, 0.717) is 11.7 Å². The van der Waals surface area contributed by atoms with E-state index in [0.717, 1.165) is 37.2 Å². The Morgan fingerprint density at radius 3 is 2.86 bits per heavy atom. The number of nitrogens with zero attached hydrogens (tertiary/aromatic N) is 1. The smallest absolute Gasteiger partial charge is 0.496 e. The maximum absolute atomic E-state index is 11.1. The highest BCUT2D eigenvalue weighted by atomic mass is 16.6. The molecule has 5 heteroatoms. The van der Waals surface area contributed by atoms with Gasteiger partial charge in [-0.2, -0.15) is 0 Å². The molecule has 0 bridgehead atoms. The van der Waals surface area contributed by atoms with E-state index in [1.807, 2.05) is 12.1 Å². The highest BCUT2D eigenvalue weighted by molar-refractivity contribution is 5.56. The second-order valence-electron chi connectivity index (χ2n) is 7.78. The van der Waals surface area contributed by atoms with E-state index in [2.05, 4.69) is 42.3 Å². The van der Waals surface area contributed by atoms with Gasteiger partial charge in [-0.15, -0.1) is 0 Å². The predicted octanol–water partition coefficient (Wildman–Crippen LogP) is 4.50. The van der Waals surface area contributed by atoms with E-state index in [-0.39, 0.29) is 0 Å². The van der Waals surface area contributed by atoms with E-state index < -0.39 is 5.82 Å². The van der Waals surface area contributed by atoms with Crippen LogP contribution in [0.1, 0.15) is 35.4 Å². The third-order valence-corrected chi connectivity index (χ3v) is 5.79. The van der Waals surface area contributed by atoms with E-state index in [1.54, 1.807) is 7.11 Å². The lowest BCUT2D eigenvalue weighted by molar-refractivity contribution is 0.299. The fraction of sp³-hybridized carbons (Fsp3) is 0.375. The standard InChI is InChI=1S/C24H27NO4/c1-25(15-19-8-4-10-21-20(19)9-5-11-22(21)27-2)13-12-17-6-3-7-18(14-17)23-16-28-24(26)29-23/h3,5-7,9,11,14,16,19H,4,8,10,12-13,15H2,1-2H3. The number of ether oxygens (including phenoxy) is 1. The van der Waals surface area contributed by atoms with Gasteiger partial charge in [-0.1, -0.05) is 30.3 Å². The second-order valence-corrected chi connectivity index (χ2v) is 7.78. The summed E-state index contributed by atoms with van der Waals surface area (Å²) in [6.07, 6.45) is 5.84. The normalized spacial score (nSPS) is 16.0. The van der Waals surface area contributed by atoms with Gasteiger partial charge in [0.25, 0.3) is 0 Å². The quantitative estimate of drug-likeness (QED) is 0.591.